The molecule has 0 radical (unpaired) electrons. The summed E-state index contributed by atoms with van der Waals surface area (Å²) in [5.41, 5.74) is 0. The highest BCUT2D eigenvalue weighted by atomic mass is 16.7. The molecule has 1 heterocycles. The van der Waals surface area contributed by atoms with Crippen molar-refractivity contribution in [2.45, 2.75) is 346 Å². The van der Waals surface area contributed by atoms with E-state index in [9.17, 15) is 35.1 Å². The van der Waals surface area contributed by atoms with Gasteiger partial charge in [-0.1, -0.05) is 249 Å². The van der Waals surface area contributed by atoms with Gasteiger partial charge in [-0.3, -0.25) is 9.59 Å². The normalized spacial score (nSPS) is 18.8. The van der Waals surface area contributed by atoms with Crippen LogP contribution in [0.1, 0.15) is 303 Å². The predicted molar refractivity (Wildman–Crippen MR) is 324 cm³/mol. The minimum atomic E-state index is -1.57. The lowest BCUT2D eigenvalue weighted by Crippen LogP contribution is -2.60. The zero-order chi connectivity index (χ0) is 56.6. The fourth-order valence-corrected chi connectivity index (χ4v) is 10.2. The molecular formula is C67H123NO10. The van der Waals surface area contributed by atoms with Crippen LogP contribution in [0.4, 0.5) is 0 Å². The summed E-state index contributed by atoms with van der Waals surface area (Å²) >= 11 is 0. The molecule has 0 bridgehead atoms. The van der Waals surface area contributed by atoms with E-state index in [0.29, 0.717) is 19.4 Å². The Morgan fingerprint density at radius 2 is 0.859 bits per heavy atom. The third-order valence-electron chi connectivity index (χ3n) is 15.4. The van der Waals surface area contributed by atoms with Crippen LogP contribution in [-0.2, 0) is 23.8 Å². The second-order valence-electron chi connectivity index (χ2n) is 22.8. The van der Waals surface area contributed by atoms with E-state index in [0.717, 1.165) is 70.6 Å². The van der Waals surface area contributed by atoms with Crippen molar-refractivity contribution in [1.82, 2.24) is 5.32 Å². The zero-order valence-electron chi connectivity index (χ0n) is 50.4. The average Bonchev–Trinajstić information content (AvgIpc) is 3.45. The largest absolute Gasteiger partial charge is 0.466 e. The molecule has 0 aliphatic carbocycles. The Bertz CT molecular complexity index is 1430. The summed E-state index contributed by atoms with van der Waals surface area (Å²) in [6.07, 6.45) is 62.2. The highest BCUT2D eigenvalue weighted by Gasteiger charge is 2.44. The van der Waals surface area contributed by atoms with E-state index in [1.807, 2.05) is 6.08 Å². The molecule has 0 aromatic rings. The van der Waals surface area contributed by atoms with Crippen LogP contribution >= 0.6 is 0 Å². The number of carbonyl (C=O) groups excluding carboxylic acids is 2. The van der Waals surface area contributed by atoms with E-state index < -0.39 is 49.5 Å². The van der Waals surface area contributed by atoms with Gasteiger partial charge in [0.25, 0.3) is 0 Å². The van der Waals surface area contributed by atoms with Gasteiger partial charge in [0.2, 0.25) is 5.91 Å². The second kappa shape index (κ2) is 56.5. The van der Waals surface area contributed by atoms with Gasteiger partial charge in [0.15, 0.2) is 6.29 Å². The monoisotopic (exact) mass is 1100 g/mol. The molecule has 11 nitrogen and oxygen atoms in total. The van der Waals surface area contributed by atoms with E-state index >= 15 is 0 Å². The molecule has 1 rings (SSSR count). The number of aliphatic hydroxyl groups excluding tert-OH is 5. The van der Waals surface area contributed by atoms with Crippen molar-refractivity contribution in [2.75, 3.05) is 19.8 Å². The average molecular weight is 1100 g/mol. The summed E-state index contributed by atoms with van der Waals surface area (Å²) in [6.45, 7) is 4.31. The number of allylic oxidation sites excluding steroid dienone is 7. The first-order chi connectivity index (χ1) is 38.2. The lowest BCUT2D eigenvalue weighted by atomic mass is 9.99. The number of ether oxygens (including phenoxy) is 3. The van der Waals surface area contributed by atoms with Crippen LogP contribution < -0.4 is 5.32 Å². The first-order valence-corrected chi connectivity index (χ1v) is 32.9. The van der Waals surface area contributed by atoms with Gasteiger partial charge < -0.3 is 45.1 Å². The standard InChI is InChI=1S/C67H123NO10/c1-3-5-7-9-11-13-15-35-39-43-47-51-55-63(72)76-56-52-48-44-40-36-32-30-28-26-24-22-20-18-16-17-19-21-23-25-27-29-31-34-38-42-46-50-54-62(71)68-59(58-77-67-66(75)65(74)64(73)61(57-69)78-67)60(70)53-49-45-41-37-33-14-12-10-8-6-4-2/h11,13,16-17,20,22,49,53,59-61,64-67,69-70,73-75H,3-10,12,14-15,18-19,21,23-48,50-52,54-58H2,1-2H3,(H,68,71)/b13-11-,17-16-,22-20-,53-49+. The summed E-state index contributed by atoms with van der Waals surface area (Å²) in [6, 6.07) is -0.812. The third kappa shape index (κ3) is 45.3. The predicted octanol–water partition coefficient (Wildman–Crippen LogP) is 16.0. The smallest absolute Gasteiger partial charge is 0.305 e. The number of unbranched alkanes of at least 4 members (excludes halogenated alkanes) is 37. The Morgan fingerprint density at radius 3 is 1.33 bits per heavy atom. The maximum atomic E-state index is 13.0. The molecule has 1 fully saturated rings. The van der Waals surface area contributed by atoms with Crippen LogP contribution in [0.3, 0.4) is 0 Å². The molecule has 1 amide bonds. The molecular weight excluding hydrogens is 979 g/mol. The Morgan fingerprint density at radius 1 is 0.474 bits per heavy atom. The lowest BCUT2D eigenvalue weighted by molar-refractivity contribution is -0.302. The number of amides is 1. The van der Waals surface area contributed by atoms with Crippen LogP contribution in [0.15, 0.2) is 48.6 Å². The Kier molecular flexibility index (Phi) is 53.3. The van der Waals surface area contributed by atoms with Crippen LogP contribution in [-0.4, -0.2) is 100 Å². The highest BCUT2D eigenvalue weighted by molar-refractivity contribution is 5.76. The fourth-order valence-electron chi connectivity index (χ4n) is 10.2. The Balaban J connectivity index is 2.01. The van der Waals surface area contributed by atoms with Crippen molar-refractivity contribution in [3.63, 3.8) is 0 Å². The third-order valence-corrected chi connectivity index (χ3v) is 15.4. The SMILES string of the molecule is CCCCC/C=C\CCCCCCCC(=O)OCCCCCCCCCCC/C=C\C/C=C\CCCCCCCCCCCCCC(=O)NC(COC1OC(CO)C(O)C(O)C1O)C(O)/C=C/CCCCCCCCCCC. The number of carbonyl (C=O) groups is 2. The summed E-state index contributed by atoms with van der Waals surface area (Å²) in [5.74, 6) is -0.195. The quantitative estimate of drug-likeness (QED) is 0.0195. The summed E-state index contributed by atoms with van der Waals surface area (Å²) < 4.78 is 16.7. The maximum Gasteiger partial charge on any atom is 0.305 e. The van der Waals surface area contributed by atoms with Gasteiger partial charge >= 0.3 is 5.97 Å². The van der Waals surface area contributed by atoms with Crippen LogP contribution in [0, 0.1) is 0 Å². The van der Waals surface area contributed by atoms with Crippen molar-refractivity contribution in [1.29, 1.82) is 0 Å². The molecule has 0 spiro atoms. The topological polar surface area (TPSA) is 175 Å². The van der Waals surface area contributed by atoms with Gasteiger partial charge in [-0.2, -0.15) is 0 Å². The van der Waals surface area contributed by atoms with E-state index in [4.69, 9.17) is 14.2 Å². The molecule has 1 aliphatic rings. The number of hydrogen-bond acceptors (Lipinski definition) is 10. The van der Waals surface area contributed by atoms with Crippen molar-refractivity contribution in [3.05, 3.63) is 48.6 Å². The highest BCUT2D eigenvalue weighted by Crippen LogP contribution is 2.23. The first kappa shape index (κ1) is 73.6. The van der Waals surface area contributed by atoms with Gasteiger partial charge in [-0.05, 0) is 89.9 Å². The van der Waals surface area contributed by atoms with Gasteiger partial charge in [0.1, 0.15) is 24.4 Å². The van der Waals surface area contributed by atoms with Crippen LogP contribution in [0.25, 0.3) is 0 Å². The molecule has 1 saturated heterocycles. The molecule has 6 N–H and O–H groups in total. The van der Waals surface area contributed by atoms with E-state index in [2.05, 4.69) is 55.6 Å². The molecule has 7 unspecified atom stereocenters. The number of esters is 1. The number of hydrogen-bond donors (Lipinski definition) is 6. The van der Waals surface area contributed by atoms with Crippen molar-refractivity contribution in [3.8, 4) is 0 Å². The van der Waals surface area contributed by atoms with Gasteiger partial charge in [0.05, 0.1) is 32.0 Å². The first-order valence-electron chi connectivity index (χ1n) is 32.9. The number of nitrogens with one attached hydrogen (secondary N) is 1. The fraction of sp³-hybridized carbons (Fsp3) is 0.851. The van der Waals surface area contributed by atoms with E-state index in [1.54, 1.807) is 6.08 Å². The summed E-state index contributed by atoms with van der Waals surface area (Å²) in [5, 5.41) is 54.4. The minimum absolute atomic E-state index is 0.00936. The number of aliphatic hydroxyl groups is 5. The van der Waals surface area contributed by atoms with Crippen LogP contribution in [0.5, 0.6) is 0 Å². The summed E-state index contributed by atoms with van der Waals surface area (Å²) in [7, 11) is 0. The second-order valence-corrected chi connectivity index (χ2v) is 22.8. The van der Waals surface area contributed by atoms with Gasteiger partial charge in [-0.25, -0.2) is 0 Å². The molecule has 78 heavy (non-hydrogen) atoms. The number of rotatable bonds is 57. The molecule has 7 atom stereocenters. The van der Waals surface area contributed by atoms with Gasteiger partial charge in [-0.15, -0.1) is 0 Å². The molecule has 0 saturated carbocycles. The van der Waals surface area contributed by atoms with Gasteiger partial charge in [0, 0.05) is 12.8 Å². The van der Waals surface area contributed by atoms with Crippen LogP contribution in [0.2, 0.25) is 0 Å². The van der Waals surface area contributed by atoms with Crippen molar-refractivity contribution < 1.29 is 49.3 Å². The van der Waals surface area contributed by atoms with E-state index in [-0.39, 0.29) is 18.5 Å². The summed E-state index contributed by atoms with van der Waals surface area (Å²) in [4.78, 5) is 25.1. The maximum absolute atomic E-state index is 13.0. The van der Waals surface area contributed by atoms with Crippen molar-refractivity contribution >= 4 is 11.9 Å². The molecule has 1 aliphatic heterocycles. The minimum Gasteiger partial charge on any atom is -0.466 e. The zero-order valence-corrected chi connectivity index (χ0v) is 50.4. The molecule has 0 aromatic heterocycles. The van der Waals surface area contributed by atoms with E-state index in [1.165, 1.54) is 205 Å². The molecule has 456 valence electrons. The Labute approximate surface area is 478 Å². The molecule has 11 heteroatoms. The molecule has 0 aromatic carbocycles. The Hall–Kier alpha value is -2.38. The van der Waals surface area contributed by atoms with Crippen molar-refractivity contribution in [2.24, 2.45) is 0 Å². The lowest BCUT2D eigenvalue weighted by Gasteiger charge is -2.40.